The van der Waals surface area contributed by atoms with Crippen molar-refractivity contribution >= 4 is 25.9 Å². The molecular weight excluding hydrogens is 409 g/mol. The molecular formula is C12H19F6N4O4P. The summed E-state index contributed by atoms with van der Waals surface area (Å²) in [5.74, 6) is -0.795. The number of morpholine rings is 1. The fourth-order valence-corrected chi connectivity index (χ4v) is 1.50. The van der Waals surface area contributed by atoms with Gasteiger partial charge in [-0.2, -0.15) is 9.84 Å². The molecule has 0 bridgehead atoms. The molecule has 0 saturated carbocycles. The van der Waals surface area contributed by atoms with Gasteiger partial charge in [-0.25, -0.2) is 4.79 Å². The molecule has 1 aliphatic rings. The quantitative estimate of drug-likeness (QED) is 0.127. The zero-order valence-electron chi connectivity index (χ0n) is 14.6. The van der Waals surface area contributed by atoms with E-state index in [0.717, 1.165) is 0 Å². The number of hydrogen-bond donors (Lipinski definition) is 0. The molecule has 1 atom stereocenters. The van der Waals surface area contributed by atoms with Gasteiger partial charge in [0.05, 0.1) is 6.61 Å². The van der Waals surface area contributed by atoms with E-state index in [0.29, 0.717) is 19.7 Å². The predicted molar refractivity (Wildman–Crippen MR) is 83.8 cm³/mol. The third-order valence-electron chi connectivity index (χ3n) is 2.57. The fraction of sp³-hybridized carbons (Fsp3) is 0.667. The second kappa shape index (κ2) is 8.81. The van der Waals surface area contributed by atoms with Gasteiger partial charge in [-0.15, -0.1) is 0 Å². The molecule has 0 aromatic rings. The minimum atomic E-state index is -10.7. The Morgan fingerprint density at radius 2 is 1.93 bits per heavy atom. The number of nitriles is 1. The van der Waals surface area contributed by atoms with Crippen LogP contribution in [0.4, 0.5) is 25.2 Å². The number of rotatable bonds is 5. The number of halogens is 6. The van der Waals surface area contributed by atoms with Crippen molar-refractivity contribution in [3.8, 4) is 6.07 Å². The number of hydrogen-bond acceptors (Lipinski definition) is 7. The number of carbonyl (C=O) groups excluding carboxylic acids is 1. The van der Waals surface area contributed by atoms with Crippen molar-refractivity contribution in [2.24, 2.45) is 5.16 Å². The van der Waals surface area contributed by atoms with E-state index in [1.807, 2.05) is 23.6 Å². The van der Waals surface area contributed by atoms with Gasteiger partial charge in [0.15, 0.2) is 19.3 Å². The zero-order chi connectivity index (χ0) is 21.4. The van der Waals surface area contributed by atoms with Crippen LogP contribution in [-0.2, 0) is 19.1 Å². The fourth-order valence-electron chi connectivity index (χ4n) is 1.50. The van der Waals surface area contributed by atoms with Crippen LogP contribution in [0.25, 0.3) is 0 Å². The van der Waals surface area contributed by atoms with Crippen LogP contribution in [0.1, 0.15) is 6.92 Å². The zero-order valence-corrected chi connectivity index (χ0v) is 15.5. The van der Waals surface area contributed by atoms with Crippen LogP contribution in [0, 0.1) is 11.3 Å². The first-order valence-electron chi connectivity index (χ1n) is 7.26. The third kappa shape index (κ3) is 16.0. The summed E-state index contributed by atoms with van der Waals surface area (Å²) in [5, 5.41) is 12.2. The standard InChI is InChI=1S/C12H19N4O4.F6P/c1-4-18-12(17)10(7-13)14-20-9-16-5-6-19-11(8-16)15(2)3;1-7(2,3,4,5)6/h9,11H,4-6,8H2,1-3H3;/q+1;-1/b14-10?,16-9+;. The molecule has 27 heavy (non-hydrogen) atoms. The van der Waals surface area contributed by atoms with E-state index in [4.69, 9.17) is 14.8 Å². The Kier molecular flexibility index (Phi) is 8.17. The molecule has 0 radical (unpaired) electrons. The summed E-state index contributed by atoms with van der Waals surface area (Å²) in [6.45, 7) is 3.66. The molecule has 8 nitrogen and oxygen atoms in total. The van der Waals surface area contributed by atoms with Gasteiger partial charge < -0.3 is 9.47 Å². The molecule has 0 amide bonds. The number of ether oxygens (including phenoxy) is 2. The first-order chi connectivity index (χ1) is 12.0. The second-order valence-electron chi connectivity index (χ2n) is 5.23. The summed E-state index contributed by atoms with van der Waals surface area (Å²) in [6.07, 6.45) is 1.34. The summed E-state index contributed by atoms with van der Waals surface area (Å²) in [5.41, 5.74) is -0.416. The normalized spacial score (nSPS) is 22.0. The maximum absolute atomic E-state index is 11.3. The molecule has 0 N–H and O–H groups in total. The first-order valence-corrected chi connectivity index (χ1v) is 9.29. The summed E-state index contributed by atoms with van der Waals surface area (Å²) in [4.78, 5) is 18.1. The van der Waals surface area contributed by atoms with Crippen LogP contribution in [0.5, 0.6) is 0 Å². The molecule has 1 heterocycles. The molecule has 1 unspecified atom stereocenters. The molecule has 1 rings (SSSR count). The SMILES string of the molecule is CCOC(=O)C(C#N)=NO/C=[N+]1\CCOC(N(C)C)C1.F[P-](F)(F)(F)(F)F. The summed E-state index contributed by atoms with van der Waals surface area (Å²) < 4.78 is 71.2. The molecule has 1 fully saturated rings. The Hall–Kier alpha value is -1.97. The van der Waals surface area contributed by atoms with Gasteiger partial charge in [0.25, 0.3) is 5.71 Å². The average Bonchev–Trinajstić information content (AvgIpc) is 2.49. The molecule has 1 saturated heterocycles. The Morgan fingerprint density at radius 3 is 2.37 bits per heavy atom. The Balaban J connectivity index is 0.000000821. The van der Waals surface area contributed by atoms with Gasteiger partial charge in [-0.3, -0.25) is 9.74 Å². The number of oxime groups is 1. The third-order valence-corrected chi connectivity index (χ3v) is 2.57. The van der Waals surface area contributed by atoms with E-state index in [1.165, 1.54) is 6.40 Å². The van der Waals surface area contributed by atoms with Crippen molar-refractivity contribution in [3.05, 3.63) is 0 Å². The van der Waals surface area contributed by atoms with Crippen molar-refractivity contribution in [2.75, 3.05) is 40.4 Å². The number of esters is 1. The number of carbonyl (C=O) groups is 1. The Morgan fingerprint density at radius 1 is 1.37 bits per heavy atom. The molecule has 0 aromatic heterocycles. The van der Waals surface area contributed by atoms with Crippen LogP contribution in [0.15, 0.2) is 5.16 Å². The van der Waals surface area contributed by atoms with Gasteiger partial charge in [0, 0.05) is 0 Å². The van der Waals surface area contributed by atoms with Crippen molar-refractivity contribution in [1.82, 2.24) is 4.90 Å². The van der Waals surface area contributed by atoms with Crippen LogP contribution >= 0.6 is 7.81 Å². The van der Waals surface area contributed by atoms with Gasteiger partial charge in [-0.1, -0.05) is 5.16 Å². The van der Waals surface area contributed by atoms with E-state index in [9.17, 15) is 30.0 Å². The average molecular weight is 428 g/mol. The van der Waals surface area contributed by atoms with Gasteiger partial charge >= 0.3 is 45.4 Å². The van der Waals surface area contributed by atoms with E-state index >= 15 is 0 Å². The Labute approximate surface area is 150 Å². The second-order valence-corrected chi connectivity index (χ2v) is 7.14. The van der Waals surface area contributed by atoms with Crippen molar-refractivity contribution in [1.29, 1.82) is 5.26 Å². The summed E-state index contributed by atoms with van der Waals surface area (Å²) in [6, 6.07) is 1.63. The summed E-state index contributed by atoms with van der Waals surface area (Å²) >= 11 is 0. The van der Waals surface area contributed by atoms with Crippen LogP contribution in [-0.4, -0.2) is 74.2 Å². The summed E-state index contributed by atoms with van der Waals surface area (Å²) in [7, 11) is -6.82. The molecule has 1 aliphatic heterocycles. The van der Waals surface area contributed by atoms with E-state index in [1.54, 1.807) is 13.0 Å². The van der Waals surface area contributed by atoms with E-state index in [2.05, 4.69) is 9.89 Å². The van der Waals surface area contributed by atoms with Crippen LogP contribution < -0.4 is 0 Å². The molecule has 0 aromatic carbocycles. The monoisotopic (exact) mass is 428 g/mol. The number of nitrogens with zero attached hydrogens (tertiary/aromatic N) is 4. The first kappa shape index (κ1) is 25.0. The molecule has 0 aliphatic carbocycles. The molecule has 15 heteroatoms. The van der Waals surface area contributed by atoms with Gasteiger partial charge in [0.1, 0.15) is 12.7 Å². The van der Waals surface area contributed by atoms with Crippen molar-refractivity contribution in [3.63, 3.8) is 0 Å². The minimum absolute atomic E-state index is 0.0342. The van der Waals surface area contributed by atoms with Crippen molar-refractivity contribution in [2.45, 2.75) is 13.2 Å². The van der Waals surface area contributed by atoms with Crippen molar-refractivity contribution < 1.29 is 48.9 Å². The number of likely N-dealkylation sites (N-methyl/N-ethyl adjacent to an activating group) is 1. The predicted octanol–water partition coefficient (Wildman–Crippen LogP) is 2.79. The maximum atomic E-state index is 11.3. The molecule has 158 valence electrons. The Bertz CT molecular complexity index is 618. The van der Waals surface area contributed by atoms with E-state index < -0.39 is 19.5 Å². The topological polar surface area (TPSA) is 87.2 Å². The molecule has 0 spiro atoms. The van der Waals surface area contributed by atoms with Crippen LogP contribution in [0.2, 0.25) is 0 Å². The van der Waals surface area contributed by atoms with Crippen LogP contribution in [0.3, 0.4) is 0 Å². The van der Waals surface area contributed by atoms with Gasteiger partial charge in [0.2, 0.25) is 0 Å². The van der Waals surface area contributed by atoms with Gasteiger partial charge in [-0.05, 0) is 21.0 Å². The van der Waals surface area contributed by atoms with E-state index in [-0.39, 0.29) is 12.8 Å².